The van der Waals surface area contributed by atoms with Gasteiger partial charge in [0.25, 0.3) is 0 Å². The Morgan fingerprint density at radius 1 is 1.19 bits per heavy atom. The zero-order valence-corrected chi connectivity index (χ0v) is 8.59. The Morgan fingerprint density at radius 2 is 1.75 bits per heavy atom. The number of nitrogens with two attached hydrogens (primary N) is 1. The second kappa shape index (κ2) is 5.27. The minimum absolute atomic E-state index is 0.0599. The Labute approximate surface area is 92.5 Å². The van der Waals surface area contributed by atoms with Crippen LogP contribution in [-0.2, 0) is 16.0 Å². The van der Waals surface area contributed by atoms with Crippen molar-refractivity contribution in [2.45, 2.75) is 18.9 Å². The maximum Gasteiger partial charge on any atom is 0.325 e. The maximum absolute atomic E-state index is 10.6. The number of rotatable bonds is 5. The minimum Gasteiger partial charge on any atom is -0.481 e. The summed E-state index contributed by atoms with van der Waals surface area (Å²) in [6, 6.07) is 5.57. The molecule has 86 valence electrons. The molecule has 0 unspecified atom stereocenters. The van der Waals surface area contributed by atoms with Crippen LogP contribution in [0.2, 0.25) is 0 Å². The quantitative estimate of drug-likeness (QED) is 0.685. The molecule has 0 saturated heterocycles. The van der Waals surface area contributed by atoms with Crippen LogP contribution >= 0.6 is 0 Å². The van der Waals surface area contributed by atoms with E-state index in [1.165, 1.54) is 0 Å². The Bertz CT molecular complexity index is 385. The SMILES string of the molecule is N[C@H](C(=O)O)c1ccc(CCC(=O)O)cc1. The van der Waals surface area contributed by atoms with Gasteiger partial charge in [0.15, 0.2) is 0 Å². The molecule has 1 rings (SSSR count). The Hall–Kier alpha value is -1.88. The van der Waals surface area contributed by atoms with Crippen molar-refractivity contribution in [2.24, 2.45) is 5.73 Å². The van der Waals surface area contributed by atoms with Crippen molar-refractivity contribution >= 4 is 11.9 Å². The van der Waals surface area contributed by atoms with Gasteiger partial charge < -0.3 is 15.9 Å². The molecule has 1 aromatic carbocycles. The van der Waals surface area contributed by atoms with Gasteiger partial charge in [0.1, 0.15) is 6.04 Å². The number of carboxylic acid groups (broad SMARTS) is 2. The normalized spacial score (nSPS) is 12.1. The van der Waals surface area contributed by atoms with Crippen LogP contribution in [0.25, 0.3) is 0 Å². The largest absolute Gasteiger partial charge is 0.481 e. The smallest absolute Gasteiger partial charge is 0.325 e. The van der Waals surface area contributed by atoms with E-state index in [1.807, 2.05) is 0 Å². The molecule has 5 nitrogen and oxygen atoms in total. The number of carbonyl (C=O) groups is 2. The number of aryl methyl sites for hydroxylation is 1. The van der Waals surface area contributed by atoms with Gasteiger partial charge in [0.05, 0.1) is 0 Å². The van der Waals surface area contributed by atoms with Gasteiger partial charge in [-0.3, -0.25) is 9.59 Å². The average molecular weight is 223 g/mol. The number of hydrogen-bond donors (Lipinski definition) is 3. The van der Waals surface area contributed by atoms with Gasteiger partial charge in [-0.15, -0.1) is 0 Å². The molecule has 16 heavy (non-hydrogen) atoms. The van der Waals surface area contributed by atoms with Crippen LogP contribution in [0, 0.1) is 0 Å². The van der Waals surface area contributed by atoms with E-state index in [9.17, 15) is 9.59 Å². The van der Waals surface area contributed by atoms with Crippen molar-refractivity contribution in [3.8, 4) is 0 Å². The first-order valence-electron chi connectivity index (χ1n) is 4.79. The highest BCUT2D eigenvalue weighted by Gasteiger charge is 2.13. The fourth-order valence-corrected chi connectivity index (χ4v) is 1.29. The second-order valence-electron chi connectivity index (χ2n) is 3.45. The lowest BCUT2D eigenvalue weighted by atomic mass is 10.0. The van der Waals surface area contributed by atoms with E-state index in [4.69, 9.17) is 15.9 Å². The van der Waals surface area contributed by atoms with Gasteiger partial charge in [0.2, 0.25) is 0 Å². The molecule has 0 amide bonds. The Kier molecular flexibility index (Phi) is 4.02. The summed E-state index contributed by atoms with van der Waals surface area (Å²) in [5.41, 5.74) is 6.77. The summed E-state index contributed by atoms with van der Waals surface area (Å²) in [5.74, 6) is -1.94. The van der Waals surface area contributed by atoms with E-state index >= 15 is 0 Å². The highest BCUT2D eigenvalue weighted by molar-refractivity contribution is 5.75. The molecule has 0 heterocycles. The fraction of sp³-hybridized carbons (Fsp3) is 0.273. The molecule has 0 aliphatic heterocycles. The molecule has 1 aromatic rings. The van der Waals surface area contributed by atoms with Gasteiger partial charge in [-0.2, -0.15) is 0 Å². The third kappa shape index (κ3) is 3.36. The topological polar surface area (TPSA) is 101 Å². The first kappa shape index (κ1) is 12.2. The van der Waals surface area contributed by atoms with Crippen molar-refractivity contribution in [1.29, 1.82) is 0 Å². The van der Waals surface area contributed by atoms with Crippen molar-refractivity contribution in [2.75, 3.05) is 0 Å². The van der Waals surface area contributed by atoms with E-state index in [2.05, 4.69) is 0 Å². The Balaban J connectivity index is 2.67. The summed E-state index contributed by atoms with van der Waals surface area (Å²) < 4.78 is 0. The lowest BCUT2D eigenvalue weighted by molar-refractivity contribution is -0.139. The highest BCUT2D eigenvalue weighted by atomic mass is 16.4. The second-order valence-corrected chi connectivity index (χ2v) is 3.45. The van der Waals surface area contributed by atoms with Crippen LogP contribution in [0.4, 0.5) is 0 Å². The van der Waals surface area contributed by atoms with E-state index in [0.717, 1.165) is 5.56 Å². The molecule has 0 radical (unpaired) electrons. The zero-order chi connectivity index (χ0) is 12.1. The van der Waals surface area contributed by atoms with Crippen LogP contribution in [-0.4, -0.2) is 22.2 Å². The highest BCUT2D eigenvalue weighted by Crippen LogP contribution is 2.12. The summed E-state index contributed by atoms with van der Waals surface area (Å²) in [4.78, 5) is 20.9. The van der Waals surface area contributed by atoms with Gasteiger partial charge in [-0.25, -0.2) is 0 Å². The predicted octanol–water partition coefficient (Wildman–Crippen LogP) is 0.788. The third-order valence-corrected chi connectivity index (χ3v) is 2.23. The average Bonchev–Trinajstić information content (AvgIpc) is 2.26. The number of benzene rings is 1. The summed E-state index contributed by atoms with van der Waals surface area (Å²) in [6.45, 7) is 0. The molecule has 0 aromatic heterocycles. The zero-order valence-electron chi connectivity index (χ0n) is 8.59. The standard InChI is InChI=1S/C11H13NO4/c12-10(11(15)16)8-4-1-7(2-5-8)3-6-9(13)14/h1-2,4-5,10H,3,6,12H2,(H,13,14)(H,15,16)/t10-/m0/s1. The summed E-state index contributed by atoms with van der Waals surface area (Å²) in [7, 11) is 0. The van der Waals surface area contributed by atoms with Crippen LogP contribution < -0.4 is 5.73 Å². The van der Waals surface area contributed by atoms with Gasteiger partial charge >= 0.3 is 11.9 Å². The molecule has 0 aliphatic carbocycles. The molecule has 0 spiro atoms. The first-order chi connectivity index (χ1) is 7.50. The molecule has 0 bridgehead atoms. The lowest BCUT2D eigenvalue weighted by Crippen LogP contribution is -2.20. The molecule has 0 saturated carbocycles. The van der Waals surface area contributed by atoms with Crippen molar-refractivity contribution < 1.29 is 19.8 Å². The van der Waals surface area contributed by atoms with Crippen LogP contribution in [0.1, 0.15) is 23.6 Å². The molecular formula is C11H13NO4. The van der Waals surface area contributed by atoms with Crippen LogP contribution in [0.5, 0.6) is 0 Å². The third-order valence-electron chi connectivity index (χ3n) is 2.23. The number of hydrogen-bond acceptors (Lipinski definition) is 3. The van der Waals surface area contributed by atoms with E-state index in [-0.39, 0.29) is 6.42 Å². The van der Waals surface area contributed by atoms with Crippen LogP contribution in [0.15, 0.2) is 24.3 Å². The minimum atomic E-state index is -1.08. The molecule has 4 N–H and O–H groups in total. The van der Waals surface area contributed by atoms with Crippen molar-refractivity contribution in [3.63, 3.8) is 0 Å². The van der Waals surface area contributed by atoms with E-state index in [1.54, 1.807) is 24.3 Å². The summed E-state index contributed by atoms with van der Waals surface area (Å²) in [5, 5.41) is 17.2. The molecule has 0 aliphatic rings. The van der Waals surface area contributed by atoms with E-state index in [0.29, 0.717) is 12.0 Å². The summed E-state index contributed by atoms with van der Waals surface area (Å²) in [6.07, 6.45) is 0.488. The predicted molar refractivity (Wildman–Crippen MR) is 57.0 cm³/mol. The molecular weight excluding hydrogens is 210 g/mol. The maximum atomic E-state index is 10.6. The molecule has 1 atom stereocenters. The summed E-state index contributed by atoms with van der Waals surface area (Å²) >= 11 is 0. The fourth-order valence-electron chi connectivity index (χ4n) is 1.29. The van der Waals surface area contributed by atoms with Crippen molar-refractivity contribution in [3.05, 3.63) is 35.4 Å². The van der Waals surface area contributed by atoms with Gasteiger partial charge in [-0.05, 0) is 17.5 Å². The molecule has 5 heteroatoms. The Morgan fingerprint density at radius 3 is 2.19 bits per heavy atom. The van der Waals surface area contributed by atoms with Gasteiger partial charge in [-0.1, -0.05) is 24.3 Å². The van der Waals surface area contributed by atoms with Crippen molar-refractivity contribution in [1.82, 2.24) is 0 Å². The monoisotopic (exact) mass is 223 g/mol. The van der Waals surface area contributed by atoms with Gasteiger partial charge in [0, 0.05) is 6.42 Å². The first-order valence-corrected chi connectivity index (χ1v) is 4.79. The van der Waals surface area contributed by atoms with Crippen LogP contribution in [0.3, 0.4) is 0 Å². The lowest BCUT2D eigenvalue weighted by Gasteiger charge is -2.07. The number of aliphatic carboxylic acids is 2. The molecule has 0 fully saturated rings. The van der Waals surface area contributed by atoms with E-state index < -0.39 is 18.0 Å². The number of carboxylic acids is 2.